The second kappa shape index (κ2) is 8.46. The van der Waals surface area contributed by atoms with Crippen LogP contribution < -0.4 is 5.32 Å². The molecule has 0 radical (unpaired) electrons. The van der Waals surface area contributed by atoms with E-state index in [1.165, 1.54) is 19.1 Å². The van der Waals surface area contributed by atoms with Gasteiger partial charge in [-0.2, -0.15) is 13.2 Å². The number of carbonyl (C=O) groups is 2. The molecule has 2 aromatic rings. The van der Waals surface area contributed by atoms with E-state index in [2.05, 4.69) is 5.32 Å². The van der Waals surface area contributed by atoms with Crippen molar-refractivity contribution in [2.75, 3.05) is 5.32 Å². The van der Waals surface area contributed by atoms with Crippen LogP contribution in [-0.4, -0.2) is 17.0 Å². The fourth-order valence-electron chi connectivity index (χ4n) is 3.12. The van der Waals surface area contributed by atoms with Gasteiger partial charge in [0.2, 0.25) is 5.91 Å². The molecule has 0 saturated heterocycles. The molecule has 0 aromatic heterocycles. The summed E-state index contributed by atoms with van der Waals surface area (Å²) in [5.41, 5.74) is 1.85. The van der Waals surface area contributed by atoms with Gasteiger partial charge in [0.1, 0.15) is 0 Å². The maximum Gasteiger partial charge on any atom is 0.416 e. The summed E-state index contributed by atoms with van der Waals surface area (Å²) in [6.07, 6.45) is -4.37. The lowest BCUT2D eigenvalue weighted by Gasteiger charge is -2.21. The van der Waals surface area contributed by atoms with Crippen molar-refractivity contribution in [1.82, 2.24) is 0 Å². The first kappa shape index (κ1) is 21.5. The van der Waals surface area contributed by atoms with E-state index in [9.17, 15) is 27.9 Å². The first-order valence-electron chi connectivity index (χ1n) is 8.75. The molecule has 0 aliphatic heterocycles. The first-order valence-corrected chi connectivity index (χ1v) is 8.75. The highest BCUT2D eigenvalue weighted by Crippen LogP contribution is 2.31. The van der Waals surface area contributed by atoms with Gasteiger partial charge in [0.05, 0.1) is 17.4 Å². The van der Waals surface area contributed by atoms with Crippen LogP contribution in [0.2, 0.25) is 0 Å². The van der Waals surface area contributed by atoms with Gasteiger partial charge < -0.3 is 10.4 Å². The van der Waals surface area contributed by atoms with Crippen LogP contribution in [0.3, 0.4) is 0 Å². The molecule has 150 valence electrons. The molecule has 0 spiro atoms. The van der Waals surface area contributed by atoms with Crippen LogP contribution in [0, 0.1) is 25.7 Å². The average molecular weight is 393 g/mol. The minimum atomic E-state index is -4.53. The van der Waals surface area contributed by atoms with Gasteiger partial charge in [-0.15, -0.1) is 0 Å². The molecule has 2 N–H and O–H groups in total. The summed E-state index contributed by atoms with van der Waals surface area (Å²) in [4.78, 5) is 24.2. The van der Waals surface area contributed by atoms with Crippen LogP contribution in [0.15, 0.2) is 42.5 Å². The van der Waals surface area contributed by atoms with Crippen LogP contribution in [0.25, 0.3) is 0 Å². The van der Waals surface area contributed by atoms with Crippen molar-refractivity contribution >= 4 is 17.6 Å². The highest BCUT2D eigenvalue weighted by Gasteiger charge is 2.32. The van der Waals surface area contributed by atoms with Gasteiger partial charge in [0.25, 0.3) is 0 Å². The van der Waals surface area contributed by atoms with E-state index in [1.807, 2.05) is 32.0 Å². The normalized spacial score (nSPS) is 13.6. The SMILES string of the molecule is Cc1cc(C)cc(CC(C(=O)Nc2cccc(C(F)(F)F)c2)C(C)C(=O)O)c1. The van der Waals surface area contributed by atoms with Gasteiger partial charge in [-0.05, 0) is 44.0 Å². The second-order valence-electron chi connectivity index (χ2n) is 7.00. The van der Waals surface area contributed by atoms with E-state index in [-0.39, 0.29) is 12.1 Å². The average Bonchev–Trinajstić information content (AvgIpc) is 2.57. The lowest BCUT2D eigenvalue weighted by Crippen LogP contribution is -2.34. The molecule has 0 bridgehead atoms. The van der Waals surface area contributed by atoms with E-state index in [1.54, 1.807) is 0 Å². The molecule has 7 heteroatoms. The van der Waals surface area contributed by atoms with E-state index in [0.717, 1.165) is 28.8 Å². The first-order chi connectivity index (χ1) is 13.0. The van der Waals surface area contributed by atoms with Gasteiger partial charge >= 0.3 is 12.1 Å². The number of alkyl halides is 3. The van der Waals surface area contributed by atoms with Gasteiger partial charge in [-0.25, -0.2) is 0 Å². The van der Waals surface area contributed by atoms with Gasteiger partial charge in [0, 0.05) is 5.69 Å². The fourth-order valence-corrected chi connectivity index (χ4v) is 3.12. The molecular formula is C21H22F3NO3. The maximum atomic E-state index is 12.9. The molecule has 0 saturated carbocycles. The third-order valence-electron chi connectivity index (χ3n) is 4.52. The van der Waals surface area contributed by atoms with Crippen LogP contribution >= 0.6 is 0 Å². The number of carboxylic acid groups (broad SMARTS) is 1. The summed E-state index contributed by atoms with van der Waals surface area (Å²) < 4.78 is 38.6. The third-order valence-corrected chi connectivity index (χ3v) is 4.52. The third kappa shape index (κ3) is 5.58. The van der Waals surface area contributed by atoms with Crippen LogP contribution in [0.1, 0.15) is 29.2 Å². The predicted molar refractivity (Wildman–Crippen MR) is 100.0 cm³/mol. The molecule has 4 nitrogen and oxygen atoms in total. The van der Waals surface area contributed by atoms with E-state index in [4.69, 9.17) is 0 Å². The number of hydrogen-bond donors (Lipinski definition) is 2. The summed E-state index contributed by atoms with van der Waals surface area (Å²) in [7, 11) is 0. The number of anilines is 1. The molecule has 0 heterocycles. The zero-order valence-electron chi connectivity index (χ0n) is 15.8. The van der Waals surface area contributed by atoms with Crippen molar-refractivity contribution in [3.8, 4) is 0 Å². The van der Waals surface area contributed by atoms with Gasteiger partial charge in [0.15, 0.2) is 0 Å². The number of aryl methyl sites for hydroxylation is 2. The Morgan fingerprint density at radius 3 is 2.21 bits per heavy atom. The number of carboxylic acids is 1. The van der Waals surface area contributed by atoms with E-state index < -0.39 is 35.5 Å². The Bertz CT molecular complexity index is 857. The number of aliphatic carboxylic acids is 1. The van der Waals surface area contributed by atoms with Crippen LogP contribution in [0.5, 0.6) is 0 Å². The quantitative estimate of drug-likeness (QED) is 0.738. The number of carbonyl (C=O) groups excluding carboxylic acids is 1. The van der Waals surface area contributed by atoms with Gasteiger partial charge in [-0.3, -0.25) is 9.59 Å². The maximum absolute atomic E-state index is 12.9. The van der Waals surface area contributed by atoms with Crippen molar-refractivity contribution in [2.24, 2.45) is 11.8 Å². The summed E-state index contributed by atoms with van der Waals surface area (Å²) >= 11 is 0. The second-order valence-corrected chi connectivity index (χ2v) is 7.00. The Balaban J connectivity index is 2.28. The van der Waals surface area contributed by atoms with Crippen molar-refractivity contribution < 1.29 is 27.9 Å². The molecule has 0 aliphatic rings. The van der Waals surface area contributed by atoms with Gasteiger partial charge in [-0.1, -0.05) is 42.3 Å². The lowest BCUT2D eigenvalue weighted by atomic mass is 9.86. The smallest absolute Gasteiger partial charge is 0.416 e. The van der Waals surface area contributed by atoms with Crippen LogP contribution in [-0.2, 0) is 22.2 Å². The fraction of sp³-hybridized carbons (Fsp3) is 0.333. The summed E-state index contributed by atoms with van der Waals surface area (Å²) in [5.74, 6) is -3.72. The molecule has 28 heavy (non-hydrogen) atoms. The topological polar surface area (TPSA) is 66.4 Å². The lowest BCUT2D eigenvalue weighted by molar-refractivity contribution is -0.145. The zero-order chi connectivity index (χ0) is 21.1. The Labute approximate surface area is 161 Å². The van der Waals surface area contributed by atoms with E-state index >= 15 is 0 Å². The number of hydrogen-bond acceptors (Lipinski definition) is 2. The monoisotopic (exact) mass is 393 g/mol. The molecule has 2 aromatic carbocycles. The molecule has 2 rings (SSSR count). The van der Waals surface area contributed by atoms with Crippen molar-refractivity contribution in [3.05, 3.63) is 64.7 Å². The minimum Gasteiger partial charge on any atom is -0.481 e. The number of nitrogens with one attached hydrogen (secondary N) is 1. The molecule has 2 atom stereocenters. The summed E-state index contributed by atoms with van der Waals surface area (Å²) in [6, 6.07) is 9.96. The zero-order valence-corrected chi connectivity index (χ0v) is 15.8. The van der Waals surface area contributed by atoms with E-state index in [0.29, 0.717) is 0 Å². The largest absolute Gasteiger partial charge is 0.481 e. The van der Waals surface area contributed by atoms with Crippen molar-refractivity contribution in [1.29, 1.82) is 0 Å². The minimum absolute atomic E-state index is 0.0252. The summed E-state index contributed by atoms with van der Waals surface area (Å²) in [5, 5.41) is 11.8. The number of amides is 1. The Kier molecular flexibility index (Phi) is 6.48. The van der Waals surface area contributed by atoms with Crippen molar-refractivity contribution in [2.45, 2.75) is 33.4 Å². The van der Waals surface area contributed by atoms with Crippen molar-refractivity contribution in [3.63, 3.8) is 0 Å². The molecular weight excluding hydrogens is 371 g/mol. The molecule has 2 unspecified atom stereocenters. The number of halogens is 3. The summed E-state index contributed by atoms with van der Waals surface area (Å²) in [6.45, 7) is 5.21. The predicted octanol–water partition coefficient (Wildman–Crippen LogP) is 4.84. The number of rotatable bonds is 6. The Hall–Kier alpha value is -2.83. The molecule has 0 aliphatic carbocycles. The Morgan fingerprint density at radius 1 is 1.07 bits per heavy atom. The number of benzene rings is 2. The highest BCUT2D eigenvalue weighted by molar-refractivity contribution is 5.95. The van der Waals surface area contributed by atoms with Crippen LogP contribution in [0.4, 0.5) is 18.9 Å². The highest BCUT2D eigenvalue weighted by atomic mass is 19.4. The standard InChI is InChI=1S/C21H22F3NO3/c1-12-7-13(2)9-15(8-12)10-18(14(3)20(27)28)19(26)25-17-6-4-5-16(11-17)21(22,23)24/h4-9,11,14,18H,10H2,1-3H3,(H,25,26)(H,27,28). The molecule has 1 amide bonds. The molecule has 0 fully saturated rings. The Morgan fingerprint density at radius 2 is 1.68 bits per heavy atom.